The molecule has 0 saturated carbocycles. The van der Waals surface area contributed by atoms with E-state index in [1.807, 2.05) is 19.9 Å². The largest absolute Gasteiger partial charge is 0.367 e. The second kappa shape index (κ2) is 8.42. The molecule has 2 aromatic carbocycles. The van der Waals surface area contributed by atoms with Gasteiger partial charge in [-0.2, -0.15) is 0 Å². The van der Waals surface area contributed by atoms with Gasteiger partial charge in [-0.3, -0.25) is 9.52 Å². The maximum absolute atomic E-state index is 13.1. The van der Waals surface area contributed by atoms with Crippen LogP contribution in [-0.2, 0) is 10.0 Å². The standard InChI is InChI=1S/C21H28N4O3S/c1-15-5-7-18(13-16(15)2)29(27,28)23-19-14-17(21(26)24(3)4)6-8-20(19)25-11-9-22-10-12-25/h5-8,13-14,22-23H,9-12H2,1-4H3. The summed E-state index contributed by atoms with van der Waals surface area (Å²) in [5, 5.41) is 3.29. The monoisotopic (exact) mass is 416 g/mol. The third-order valence-corrected chi connectivity index (χ3v) is 6.50. The van der Waals surface area contributed by atoms with E-state index < -0.39 is 10.0 Å². The second-order valence-corrected chi connectivity index (χ2v) is 9.20. The molecule has 0 aromatic heterocycles. The van der Waals surface area contributed by atoms with Gasteiger partial charge in [0.15, 0.2) is 0 Å². The average molecular weight is 417 g/mol. The van der Waals surface area contributed by atoms with Gasteiger partial charge in [-0.15, -0.1) is 0 Å². The van der Waals surface area contributed by atoms with E-state index in [0.717, 1.165) is 43.0 Å². The van der Waals surface area contributed by atoms with Gasteiger partial charge in [0.2, 0.25) is 0 Å². The van der Waals surface area contributed by atoms with Gasteiger partial charge in [0, 0.05) is 45.8 Å². The normalized spacial score (nSPS) is 14.6. The fraction of sp³-hybridized carbons (Fsp3) is 0.381. The molecule has 1 amide bonds. The van der Waals surface area contributed by atoms with Gasteiger partial charge in [0.1, 0.15) is 0 Å². The Kier molecular flexibility index (Phi) is 6.14. The number of aryl methyl sites for hydroxylation is 2. The van der Waals surface area contributed by atoms with Crippen molar-refractivity contribution in [2.24, 2.45) is 0 Å². The van der Waals surface area contributed by atoms with Gasteiger partial charge >= 0.3 is 0 Å². The van der Waals surface area contributed by atoms with Gasteiger partial charge < -0.3 is 15.1 Å². The predicted octanol–water partition coefficient (Wildman–Crippen LogP) is 2.22. The maximum atomic E-state index is 13.1. The van der Waals surface area contributed by atoms with Gasteiger partial charge in [-0.25, -0.2) is 8.42 Å². The minimum Gasteiger partial charge on any atom is -0.367 e. The van der Waals surface area contributed by atoms with E-state index >= 15 is 0 Å². The number of hydrogen-bond donors (Lipinski definition) is 2. The quantitative estimate of drug-likeness (QED) is 0.781. The Morgan fingerprint density at radius 1 is 1.03 bits per heavy atom. The summed E-state index contributed by atoms with van der Waals surface area (Å²) < 4.78 is 28.9. The van der Waals surface area contributed by atoms with Crippen LogP contribution in [0.25, 0.3) is 0 Å². The van der Waals surface area contributed by atoms with Gasteiger partial charge in [0.05, 0.1) is 16.3 Å². The van der Waals surface area contributed by atoms with E-state index in [4.69, 9.17) is 0 Å². The average Bonchev–Trinajstić information content (AvgIpc) is 2.69. The predicted molar refractivity (Wildman–Crippen MR) is 116 cm³/mol. The van der Waals surface area contributed by atoms with Crippen molar-refractivity contribution in [3.8, 4) is 0 Å². The molecule has 0 bridgehead atoms. The van der Waals surface area contributed by atoms with Crippen molar-refractivity contribution in [3.63, 3.8) is 0 Å². The van der Waals surface area contributed by atoms with Crippen LogP contribution in [0, 0.1) is 13.8 Å². The van der Waals surface area contributed by atoms with Crippen LogP contribution in [0.4, 0.5) is 11.4 Å². The molecule has 1 fully saturated rings. The first-order valence-corrected chi connectivity index (χ1v) is 11.1. The molecule has 8 heteroatoms. The Morgan fingerprint density at radius 3 is 2.34 bits per heavy atom. The van der Waals surface area contributed by atoms with Crippen LogP contribution < -0.4 is 14.9 Å². The Hall–Kier alpha value is -2.58. The van der Waals surface area contributed by atoms with Crippen molar-refractivity contribution in [2.45, 2.75) is 18.7 Å². The van der Waals surface area contributed by atoms with Crippen LogP contribution >= 0.6 is 0 Å². The zero-order chi connectivity index (χ0) is 21.2. The number of nitrogens with one attached hydrogen (secondary N) is 2. The van der Waals surface area contributed by atoms with E-state index in [1.54, 1.807) is 44.4 Å². The smallest absolute Gasteiger partial charge is 0.261 e. The molecule has 1 saturated heterocycles. The van der Waals surface area contributed by atoms with E-state index in [2.05, 4.69) is 14.9 Å². The van der Waals surface area contributed by atoms with Gasteiger partial charge in [0.25, 0.3) is 15.9 Å². The van der Waals surface area contributed by atoms with Crippen LogP contribution in [0.1, 0.15) is 21.5 Å². The lowest BCUT2D eigenvalue weighted by atomic mass is 10.1. The van der Waals surface area contributed by atoms with Crippen LogP contribution in [-0.4, -0.2) is 59.5 Å². The van der Waals surface area contributed by atoms with Gasteiger partial charge in [-0.05, 0) is 55.3 Å². The SMILES string of the molecule is Cc1ccc(S(=O)(=O)Nc2cc(C(=O)N(C)C)ccc2N2CCNCC2)cc1C. The third-order valence-electron chi connectivity index (χ3n) is 5.14. The van der Waals surface area contributed by atoms with Crippen molar-refractivity contribution in [1.29, 1.82) is 0 Å². The van der Waals surface area contributed by atoms with Crippen molar-refractivity contribution >= 4 is 27.3 Å². The van der Waals surface area contributed by atoms with Crippen molar-refractivity contribution in [2.75, 3.05) is 49.9 Å². The van der Waals surface area contributed by atoms with Gasteiger partial charge in [-0.1, -0.05) is 6.07 Å². The molecule has 156 valence electrons. The Bertz CT molecular complexity index is 1010. The summed E-state index contributed by atoms with van der Waals surface area (Å²) in [6.07, 6.45) is 0. The number of piperazine rings is 1. The number of benzene rings is 2. The fourth-order valence-electron chi connectivity index (χ4n) is 3.28. The van der Waals surface area contributed by atoms with E-state index in [1.165, 1.54) is 4.90 Å². The molecule has 3 rings (SSSR count). The number of carbonyl (C=O) groups is 1. The zero-order valence-corrected chi connectivity index (χ0v) is 18.1. The number of hydrogen-bond acceptors (Lipinski definition) is 5. The van der Waals surface area contributed by atoms with Crippen molar-refractivity contribution in [1.82, 2.24) is 10.2 Å². The number of nitrogens with zero attached hydrogens (tertiary/aromatic N) is 2. The highest BCUT2D eigenvalue weighted by Crippen LogP contribution is 2.30. The lowest BCUT2D eigenvalue weighted by Gasteiger charge is -2.31. The zero-order valence-electron chi connectivity index (χ0n) is 17.3. The summed E-state index contributed by atoms with van der Waals surface area (Å²) in [5.74, 6) is -0.177. The maximum Gasteiger partial charge on any atom is 0.261 e. The molecule has 2 N–H and O–H groups in total. The summed E-state index contributed by atoms with van der Waals surface area (Å²) in [6.45, 7) is 7.00. The summed E-state index contributed by atoms with van der Waals surface area (Å²) in [6, 6.07) is 10.3. The van der Waals surface area contributed by atoms with Crippen LogP contribution in [0.15, 0.2) is 41.3 Å². The number of carbonyl (C=O) groups excluding carboxylic acids is 1. The number of sulfonamides is 1. The summed E-state index contributed by atoms with van der Waals surface area (Å²) in [7, 11) is -0.449. The molecule has 0 aliphatic carbocycles. The summed E-state index contributed by atoms with van der Waals surface area (Å²) in [5.41, 5.74) is 3.56. The van der Waals surface area contributed by atoms with Crippen LogP contribution in [0.3, 0.4) is 0 Å². The molecule has 7 nitrogen and oxygen atoms in total. The minimum atomic E-state index is -3.79. The minimum absolute atomic E-state index is 0.177. The molecule has 0 radical (unpaired) electrons. The lowest BCUT2D eigenvalue weighted by Crippen LogP contribution is -2.43. The number of anilines is 2. The molecule has 1 aliphatic heterocycles. The van der Waals surface area contributed by atoms with Crippen molar-refractivity contribution in [3.05, 3.63) is 53.1 Å². The highest BCUT2D eigenvalue weighted by Gasteiger charge is 2.22. The Labute approximate surface area is 172 Å². The number of rotatable bonds is 5. The molecule has 1 aliphatic rings. The third kappa shape index (κ3) is 4.71. The molecular weight excluding hydrogens is 388 g/mol. The molecule has 29 heavy (non-hydrogen) atoms. The first kappa shape index (κ1) is 21.1. The first-order valence-electron chi connectivity index (χ1n) is 9.60. The van der Waals surface area contributed by atoms with Crippen LogP contribution in [0.2, 0.25) is 0 Å². The second-order valence-electron chi connectivity index (χ2n) is 7.52. The molecule has 1 heterocycles. The summed E-state index contributed by atoms with van der Waals surface area (Å²) >= 11 is 0. The topological polar surface area (TPSA) is 81.8 Å². The highest BCUT2D eigenvalue weighted by molar-refractivity contribution is 7.92. The van der Waals surface area contributed by atoms with Crippen molar-refractivity contribution < 1.29 is 13.2 Å². The molecule has 0 unspecified atom stereocenters. The lowest BCUT2D eigenvalue weighted by molar-refractivity contribution is 0.0827. The fourth-order valence-corrected chi connectivity index (χ4v) is 4.43. The molecule has 0 spiro atoms. The Balaban J connectivity index is 2.02. The molecule has 0 atom stereocenters. The molecular formula is C21H28N4O3S. The summed E-state index contributed by atoms with van der Waals surface area (Å²) in [4.78, 5) is 16.2. The highest BCUT2D eigenvalue weighted by atomic mass is 32.2. The first-order chi connectivity index (χ1) is 13.7. The van der Waals surface area contributed by atoms with E-state index in [0.29, 0.717) is 11.3 Å². The van der Waals surface area contributed by atoms with E-state index in [-0.39, 0.29) is 10.8 Å². The Morgan fingerprint density at radius 2 is 1.72 bits per heavy atom. The number of amides is 1. The molecule has 2 aromatic rings. The van der Waals surface area contributed by atoms with E-state index in [9.17, 15) is 13.2 Å². The van der Waals surface area contributed by atoms with Crippen LogP contribution in [0.5, 0.6) is 0 Å².